The average Bonchev–Trinajstić information content (AvgIpc) is 2.57. The molecule has 1 aliphatic rings. The number of hydrazine groups is 1. The summed E-state index contributed by atoms with van der Waals surface area (Å²) in [5, 5.41) is 4.63. The number of rotatable bonds is 3. The number of urea groups is 1. The second-order valence-electron chi connectivity index (χ2n) is 6.08. The highest BCUT2D eigenvalue weighted by Gasteiger charge is 2.39. The zero-order valence-electron chi connectivity index (χ0n) is 12.4. The molecule has 1 aromatic carbocycles. The van der Waals surface area contributed by atoms with Gasteiger partial charge in [0.15, 0.2) is 0 Å². The summed E-state index contributed by atoms with van der Waals surface area (Å²) in [7, 11) is 0. The lowest BCUT2D eigenvalue weighted by Crippen LogP contribution is -2.49. The van der Waals surface area contributed by atoms with Gasteiger partial charge in [0, 0.05) is 0 Å². The second kappa shape index (κ2) is 4.85. The number of carbonyl (C=O) groups is 1. The number of nitrogens with one attached hydrogen (secondary N) is 2. The highest BCUT2D eigenvalue weighted by molar-refractivity contribution is 5.93. The first-order chi connectivity index (χ1) is 8.81. The molecule has 4 heteroatoms. The quantitative estimate of drug-likeness (QED) is 0.878. The van der Waals surface area contributed by atoms with Crippen LogP contribution in [0, 0.1) is 19.8 Å². The van der Waals surface area contributed by atoms with E-state index < -0.39 is 0 Å². The smallest absolute Gasteiger partial charge is 0.317 e. The lowest BCUT2D eigenvalue weighted by Gasteiger charge is -2.26. The molecule has 0 aliphatic carbocycles. The Morgan fingerprint density at radius 1 is 1.26 bits per heavy atom. The Morgan fingerprint density at radius 3 is 2.53 bits per heavy atom. The first-order valence-electron chi connectivity index (χ1n) is 6.78. The molecule has 1 aromatic rings. The van der Waals surface area contributed by atoms with E-state index in [9.17, 15) is 4.79 Å². The molecule has 2 amide bonds. The van der Waals surface area contributed by atoms with Crippen LogP contribution in [0.3, 0.4) is 0 Å². The molecule has 1 fully saturated rings. The Bertz CT molecular complexity index is 498. The summed E-state index contributed by atoms with van der Waals surface area (Å²) >= 11 is 0. The summed E-state index contributed by atoms with van der Waals surface area (Å²) in [6.45, 7) is 10.4. The summed E-state index contributed by atoms with van der Waals surface area (Å²) in [6.07, 6.45) is 0.889. The van der Waals surface area contributed by atoms with Crippen LogP contribution in [-0.4, -0.2) is 11.7 Å². The van der Waals surface area contributed by atoms with Crippen LogP contribution in [0.25, 0.3) is 0 Å². The van der Waals surface area contributed by atoms with Crippen LogP contribution >= 0.6 is 0 Å². The number of benzene rings is 1. The van der Waals surface area contributed by atoms with Gasteiger partial charge in [0.1, 0.15) is 5.66 Å². The van der Waals surface area contributed by atoms with Gasteiger partial charge in [0.05, 0.1) is 5.69 Å². The zero-order chi connectivity index (χ0) is 14.2. The fourth-order valence-corrected chi connectivity index (χ4v) is 2.58. The molecule has 1 heterocycles. The minimum absolute atomic E-state index is 0.0913. The van der Waals surface area contributed by atoms with Crippen molar-refractivity contribution in [2.24, 2.45) is 5.92 Å². The fourth-order valence-electron chi connectivity index (χ4n) is 2.58. The molecule has 1 atom stereocenters. The van der Waals surface area contributed by atoms with E-state index in [-0.39, 0.29) is 11.7 Å². The SMILES string of the molecule is Cc1ccc(N2N[C@](C)(CC(C)C)NC2=O)cc1C. The van der Waals surface area contributed by atoms with Crippen molar-refractivity contribution in [1.82, 2.24) is 10.7 Å². The van der Waals surface area contributed by atoms with Gasteiger partial charge in [-0.15, -0.1) is 0 Å². The molecule has 2 N–H and O–H groups in total. The number of aryl methyl sites for hydroxylation is 2. The van der Waals surface area contributed by atoms with E-state index in [0.29, 0.717) is 5.92 Å². The molecule has 0 saturated carbocycles. The van der Waals surface area contributed by atoms with Crippen LogP contribution in [-0.2, 0) is 0 Å². The van der Waals surface area contributed by atoms with Crippen molar-refractivity contribution in [3.63, 3.8) is 0 Å². The van der Waals surface area contributed by atoms with E-state index >= 15 is 0 Å². The van der Waals surface area contributed by atoms with E-state index in [4.69, 9.17) is 0 Å². The van der Waals surface area contributed by atoms with E-state index in [1.54, 1.807) is 5.01 Å². The van der Waals surface area contributed by atoms with E-state index in [2.05, 4.69) is 38.4 Å². The van der Waals surface area contributed by atoms with Crippen LogP contribution in [0.2, 0.25) is 0 Å². The number of amides is 2. The van der Waals surface area contributed by atoms with Gasteiger partial charge in [0.25, 0.3) is 0 Å². The largest absolute Gasteiger partial charge is 0.338 e. The Hall–Kier alpha value is -1.55. The van der Waals surface area contributed by atoms with Crippen molar-refractivity contribution >= 4 is 11.7 Å². The van der Waals surface area contributed by atoms with Gasteiger partial charge in [-0.3, -0.25) is 0 Å². The van der Waals surface area contributed by atoms with Crippen molar-refractivity contribution in [3.8, 4) is 0 Å². The maximum absolute atomic E-state index is 12.1. The van der Waals surface area contributed by atoms with Crippen molar-refractivity contribution < 1.29 is 4.79 Å². The minimum atomic E-state index is -0.371. The highest BCUT2D eigenvalue weighted by atomic mass is 16.2. The molecular formula is C15H23N3O. The first-order valence-corrected chi connectivity index (χ1v) is 6.78. The molecule has 19 heavy (non-hydrogen) atoms. The van der Waals surface area contributed by atoms with Crippen LogP contribution in [0.15, 0.2) is 18.2 Å². The van der Waals surface area contributed by atoms with E-state index in [1.807, 2.05) is 25.1 Å². The molecule has 4 nitrogen and oxygen atoms in total. The fraction of sp³-hybridized carbons (Fsp3) is 0.533. The zero-order valence-corrected chi connectivity index (χ0v) is 12.4. The van der Waals surface area contributed by atoms with Crippen molar-refractivity contribution in [1.29, 1.82) is 0 Å². The van der Waals surface area contributed by atoms with Gasteiger partial charge in [-0.1, -0.05) is 19.9 Å². The lowest BCUT2D eigenvalue weighted by molar-refractivity contribution is 0.243. The maximum atomic E-state index is 12.1. The number of anilines is 1. The maximum Gasteiger partial charge on any atom is 0.338 e. The number of carbonyl (C=O) groups excluding carboxylic acids is 1. The minimum Gasteiger partial charge on any atom is -0.317 e. The topological polar surface area (TPSA) is 44.4 Å². The highest BCUT2D eigenvalue weighted by Crippen LogP contribution is 2.25. The van der Waals surface area contributed by atoms with E-state index in [0.717, 1.165) is 12.1 Å². The summed E-state index contributed by atoms with van der Waals surface area (Å²) in [6, 6.07) is 5.95. The molecule has 0 radical (unpaired) electrons. The molecular weight excluding hydrogens is 238 g/mol. The standard InChI is InChI=1S/C15H23N3O/c1-10(2)9-15(5)16-14(19)18(17-15)13-7-6-11(3)12(4)8-13/h6-8,10,17H,9H2,1-5H3,(H,16,19)/t15-/m1/s1. The second-order valence-corrected chi connectivity index (χ2v) is 6.08. The number of nitrogens with zero attached hydrogens (tertiary/aromatic N) is 1. The van der Waals surface area contributed by atoms with Crippen LogP contribution in [0.4, 0.5) is 10.5 Å². The van der Waals surface area contributed by atoms with Crippen molar-refractivity contribution in [2.45, 2.75) is 46.7 Å². The van der Waals surface area contributed by atoms with Gasteiger partial charge in [-0.25, -0.2) is 15.2 Å². The third kappa shape index (κ3) is 2.89. The summed E-state index contributed by atoms with van der Waals surface area (Å²) < 4.78 is 0. The Balaban J connectivity index is 2.22. The first kappa shape index (κ1) is 13.9. The van der Waals surface area contributed by atoms with Gasteiger partial charge >= 0.3 is 6.03 Å². The molecule has 0 spiro atoms. The predicted molar refractivity (Wildman–Crippen MR) is 77.9 cm³/mol. The Labute approximate surface area is 115 Å². The van der Waals surface area contributed by atoms with Crippen molar-refractivity contribution in [2.75, 3.05) is 5.01 Å². The lowest BCUT2D eigenvalue weighted by atomic mass is 10.0. The molecule has 1 saturated heterocycles. The molecule has 0 bridgehead atoms. The molecule has 0 aromatic heterocycles. The monoisotopic (exact) mass is 261 g/mol. The van der Waals surface area contributed by atoms with Crippen LogP contribution < -0.4 is 15.8 Å². The third-order valence-corrected chi connectivity index (χ3v) is 3.51. The van der Waals surface area contributed by atoms with Gasteiger partial charge in [-0.2, -0.15) is 0 Å². The average molecular weight is 261 g/mol. The van der Waals surface area contributed by atoms with Crippen LogP contribution in [0.5, 0.6) is 0 Å². The summed E-state index contributed by atoms with van der Waals surface area (Å²) in [5.41, 5.74) is 6.21. The predicted octanol–water partition coefficient (Wildman–Crippen LogP) is 3.10. The third-order valence-electron chi connectivity index (χ3n) is 3.51. The molecule has 0 unspecified atom stereocenters. The molecule has 1 aliphatic heterocycles. The van der Waals surface area contributed by atoms with Gasteiger partial charge in [-0.05, 0) is 56.4 Å². The van der Waals surface area contributed by atoms with Gasteiger partial charge in [0.2, 0.25) is 0 Å². The summed E-state index contributed by atoms with van der Waals surface area (Å²) in [4.78, 5) is 12.1. The van der Waals surface area contributed by atoms with Gasteiger partial charge < -0.3 is 5.32 Å². The molecule has 104 valence electrons. The number of hydrogen-bond acceptors (Lipinski definition) is 2. The summed E-state index contributed by atoms with van der Waals surface area (Å²) in [5.74, 6) is 0.512. The Morgan fingerprint density at radius 2 is 1.95 bits per heavy atom. The van der Waals surface area contributed by atoms with Crippen molar-refractivity contribution in [3.05, 3.63) is 29.3 Å². The Kier molecular flexibility index (Phi) is 3.54. The molecule has 2 rings (SSSR count). The van der Waals surface area contributed by atoms with Crippen LogP contribution in [0.1, 0.15) is 38.3 Å². The normalized spacial score (nSPS) is 23.1. The van der Waals surface area contributed by atoms with E-state index in [1.165, 1.54) is 11.1 Å². The number of hydrogen-bond donors (Lipinski definition) is 2.